The molecule has 0 spiro atoms. The second-order valence-corrected chi connectivity index (χ2v) is 8.79. The van der Waals surface area contributed by atoms with Crippen molar-refractivity contribution in [3.05, 3.63) is 58.1 Å². The van der Waals surface area contributed by atoms with Crippen molar-refractivity contribution in [3.8, 4) is 5.75 Å². The summed E-state index contributed by atoms with van der Waals surface area (Å²) in [5, 5.41) is 23.6. The van der Waals surface area contributed by atoms with Gasteiger partial charge in [0.2, 0.25) is 0 Å². The van der Waals surface area contributed by atoms with Crippen LogP contribution in [0.4, 0.5) is 23.0 Å². The van der Waals surface area contributed by atoms with E-state index in [1.807, 2.05) is 32.0 Å². The van der Waals surface area contributed by atoms with Crippen molar-refractivity contribution in [2.24, 2.45) is 5.73 Å². The molecule has 174 valence electrons. The van der Waals surface area contributed by atoms with E-state index in [1.165, 1.54) is 30.5 Å². The Morgan fingerprint density at radius 2 is 1.79 bits per heavy atom. The lowest BCUT2D eigenvalue weighted by atomic mass is 10.1. The van der Waals surface area contributed by atoms with E-state index in [0.29, 0.717) is 23.9 Å². The molecule has 2 heterocycles. The van der Waals surface area contributed by atoms with E-state index in [0.717, 1.165) is 35.5 Å². The van der Waals surface area contributed by atoms with Gasteiger partial charge in [0.15, 0.2) is 5.82 Å². The third-order valence-corrected chi connectivity index (χ3v) is 6.19. The minimum absolute atomic E-state index is 0.278. The Kier molecular flexibility index (Phi) is 6.44. The highest BCUT2D eigenvalue weighted by atomic mass is 16.3. The van der Waals surface area contributed by atoms with E-state index in [4.69, 9.17) is 5.73 Å². The molecule has 6 N–H and O–H groups in total. The molecular formula is C25H32N6O2. The number of primary amides is 1. The lowest BCUT2D eigenvalue weighted by molar-refractivity contribution is 0.100. The van der Waals surface area contributed by atoms with E-state index in [2.05, 4.69) is 44.8 Å². The molecule has 0 saturated carbocycles. The number of aromatic hydroxyl groups is 1. The minimum Gasteiger partial charge on any atom is -0.507 e. The van der Waals surface area contributed by atoms with Crippen molar-refractivity contribution in [2.45, 2.75) is 46.6 Å². The molecular weight excluding hydrogens is 416 g/mol. The van der Waals surface area contributed by atoms with Gasteiger partial charge in [0.1, 0.15) is 17.1 Å². The number of aromatic nitrogens is 2. The standard InChI is InChI=1S/C25H32N6O2/c1-15-13-19(7-8-20(15)31-9-5-4-6-10-31)28-25-21(23(26)33)24(29-30-25)27-14-18-11-16(2)22(32)17(3)12-18/h7-8,11-13,32H,4-6,9-10,14H2,1-3H3,(H2,26,33)(H3,27,28,29,30). The fourth-order valence-corrected chi connectivity index (χ4v) is 4.50. The van der Waals surface area contributed by atoms with Gasteiger partial charge >= 0.3 is 0 Å². The molecule has 33 heavy (non-hydrogen) atoms. The Hall–Kier alpha value is -3.68. The van der Waals surface area contributed by atoms with Crippen molar-refractivity contribution in [1.29, 1.82) is 0 Å². The van der Waals surface area contributed by atoms with Gasteiger partial charge < -0.3 is 26.4 Å². The number of phenolic OH excluding ortho intramolecular Hbond substituents is 1. The highest BCUT2D eigenvalue weighted by Gasteiger charge is 2.19. The SMILES string of the molecule is Cc1cc(Nc2n[nH]c(NCc3cc(C)c(O)c(C)c3)c2C(N)=O)ccc1N1CCCCC1. The molecule has 1 amide bonds. The summed E-state index contributed by atoms with van der Waals surface area (Å²) >= 11 is 0. The molecule has 0 aliphatic carbocycles. The van der Waals surface area contributed by atoms with Gasteiger partial charge in [0.25, 0.3) is 5.91 Å². The van der Waals surface area contributed by atoms with Crippen molar-refractivity contribution < 1.29 is 9.90 Å². The number of rotatable bonds is 7. The molecule has 0 bridgehead atoms. The Morgan fingerprint density at radius 1 is 1.09 bits per heavy atom. The molecule has 1 aliphatic rings. The van der Waals surface area contributed by atoms with Crippen LogP contribution in [0.1, 0.15) is 51.9 Å². The smallest absolute Gasteiger partial charge is 0.256 e. The molecule has 1 fully saturated rings. The predicted molar refractivity (Wildman–Crippen MR) is 133 cm³/mol. The number of nitrogens with zero attached hydrogens (tertiary/aromatic N) is 2. The third-order valence-electron chi connectivity index (χ3n) is 6.19. The number of carbonyl (C=O) groups is 1. The number of carbonyl (C=O) groups excluding carboxylic acids is 1. The molecule has 3 aromatic rings. The molecule has 0 atom stereocenters. The van der Waals surface area contributed by atoms with Gasteiger partial charge in [-0.25, -0.2) is 0 Å². The van der Waals surface area contributed by atoms with Crippen LogP contribution in [0.25, 0.3) is 0 Å². The summed E-state index contributed by atoms with van der Waals surface area (Å²) in [5.41, 5.74) is 11.8. The number of H-pyrrole nitrogens is 1. The molecule has 1 aromatic heterocycles. The van der Waals surface area contributed by atoms with E-state index in [1.54, 1.807) is 0 Å². The zero-order chi connectivity index (χ0) is 23.5. The number of nitrogens with one attached hydrogen (secondary N) is 3. The van der Waals surface area contributed by atoms with Gasteiger partial charge in [-0.2, -0.15) is 5.10 Å². The number of piperidine rings is 1. The number of hydrogen-bond donors (Lipinski definition) is 5. The maximum Gasteiger partial charge on any atom is 0.256 e. The minimum atomic E-state index is -0.575. The molecule has 8 nitrogen and oxygen atoms in total. The number of hydrogen-bond acceptors (Lipinski definition) is 6. The average molecular weight is 449 g/mol. The van der Waals surface area contributed by atoms with Crippen molar-refractivity contribution >= 4 is 28.9 Å². The van der Waals surface area contributed by atoms with Crippen LogP contribution in [0.15, 0.2) is 30.3 Å². The van der Waals surface area contributed by atoms with Crippen LogP contribution in [0.3, 0.4) is 0 Å². The Morgan fingerprint density at radius 3 is 2.42 bits per heavy atom. The lowest BCUT2D eigenvalue weighted by Gasteiger charge is -2.30. The van der Waals surface area contributed by atoms with E-state index >= 15 is 0 Å². The normalized spacial score (nSPS) is 13.7. The Balaban J connectivity index is 1.51. The zero-order valence-electron chi connectivity index (χ0n) is 19.5. The van der Waals surface area contributed by atoms with E-state index < -0.39 is 5.91 Å². The average Bonchev–Trinajstić information content (AvgIpc) is 3.19. The highest BCUT2D eigenvalue weighted by molar-refractivity contribution is 6.03. The van der Waals surface area contributed by atoms with Crippen LogP contribution in [0.2, 0.25) is 0 Å². The van der Waals surface area contributed by atoms with Crippen LogP contribution >= 0.6 is 0 Å². The molecule has 1 aliphatic heterocycles. The number of phenols is 1. The van der Waals surface area contributed by atoms with Crippen LogP contribution in [0.5, 0.6) is 5.75 Å². The molecule has 4 rings (SSSR count). The zero-order valence-corrected chi connectivity index (χ0v) is 19.5. The summed E-state index contributed by atoms with van der Waals surface area (Å²) in [4.78, 5) is 14.7. The third kappa shape index (κ3) is 4.89. The summed E-state index contributed by atoms with van der Waals surface area (Å²) in [6.45, 7) is 8.45. The quantitative estimate of drug-likeness (QED) is 0.363. The topological polar surface area (TPSA) is 119 Å². The second kappa shape index (κ2) is 9.44. The van der Waals surface area contributed by atoms with E-state index in [-0.39, 0.29) is 5.56 Å². The number of anilines is 4. The second-order valence-electron chi connectivity index (χ2n) is 8.79. The molecule has 8 heteroatoms. The molecule has 0 radical (unpaired) electrons. The van der Waals surface area contributed by atoms with Crippen molar-refractivity contribution in [3.63, 3.8) is 0 Å². The lowest BCUT2D eigenvalue weighted by Crippen LogP contribution is -2.29. The molecule has 2 aromatic carbocycles. The number of aromatic amines is 1. The molecule has 1 saturated heterocycles. The monoisotopic (exact) mass is 448 g/mol. The summed E-state index contributed by atoms with van der Waals surface area (Å²) in [7, 11) is 0. The van der Waals surface area contributed by atoms with Gasteiger partial charge in [0, 0.05) is 31.0 Å². The Labute approximate surface area is 194 Å². The van der Waals surface area contributed by atoms with Crippen LogP contribution < -0.4 is 21.3 Å². The van der Waals surface area contributed by atoms with Crippen LogP contribution in [-0.2, 0) is 6.54 Å². The fraction of sp³-hybridized carbons (Fsp3) is 0.360. The number of amides is 1. The van der Waals surface area contributed by atoms with Gasteiger partial charge in [-0.1, -0.05) is 12.1 Å². The highest BCUT2D eigenvalue weighted by Crippen LogP contribution is 2.30. The first kappa shape index (κ1) is 22.5. The van der Waals surface area contributed by atoms with Crippen molar-refractivity contribution in [2.75, 3.05) is 28.6 Å². The summed E-state index contributed by atoms with van der Waals surface area (Å²) < 4.78 is 0. The maximum absolute atomic E-state index is 12.2. The first-order valence-electron chi connectivity index (χ1n) is 11.4. The number of nitrogens with two attached hydrogens (primary N) is 1. The van der Waals surface area contributed by atoms with Gasteiger partial charge in [0.05, 0.1) is 0 Å². The summed E-state index contributed by atoms with van der Waals surface area (Å²) in [6.07, 6.45) is 3.76. The number of benzene rings is 2. The fourth-order valence-electron chi connectivity index (χ4n) is 4.50. The van der Waals surface area contributed by atoms with Gasteiger partial charge in [-0.15, -0.1) is 0 Å². The largest absolute Gasteiger partial charge is 0.507 e. The summed E-state index contributed by atoms with van der Waals surface area (Å²) in [5.74, 6) is 0.558. The first-order valence-corrected chi connectivity index (χ1v) is 11.4. The van der Waals surface area contributed by atoms with Crippen molar-refractivity contribution in [1.82, 2.24) is 10.2 Å². The molecule has 0 unspecified atom stereocenters. The summed E-state index contributed by atoms with van der Waals surface area (Å²) in [6, 6.07) is 10.0. The van der Waals surface area contributed by atoms with E-state index in [9.17, 15) is 9.90 Å². The van der Waals surface area contributed by atoms with Crippen LogP contribution in [-0.4, -0.2) is 34.3 Å². The Bertz CT molecular complexity index is 1140. The van der Waals surface area contributed by atoms with Gasteiger partial charge in [-0.3, -0.25) is 9.89 Å². The van der Waals surface area contributed by atoms with Gasteiger partial charge in [-0.05, 0) is 80.5 Å². The maximum atomic E-state index is 12.2. The number of aryl methyl sites for hydroxylation is 3. The predicted octanol–water partition coefficient (Wildman–Crippen LogP) is 4.49. The van der Waals surface area contributed by atoms with Crippen LogP contribution in [0, 0.1) is 20.8 Å². The first-order chi connectivity index (χ1) is 15.8.